The van der Waals surface area contributed by atoms with Crippen molar-refractivity contribution in [3.63, 3.8) is 0 Å². The minimum Gasteiger partial charge on any atom is -0.389 e. The lowest BCUT2D eigenvalue weighted by Gasteiger charge is -2.09. The standard InChI is InChI=1S/C12H13ClN4S/c1-17-5-4-15-11(17)7-16-8-2-3-9(12(14)18)10(13)6-8/h2-6,16H,7H2,1H3,(H2,14,18). The predicted octanol–water partition coefficient (Wildman–Crippen LogP) is 2.32. The Morgan fingerprint density at radius 3 is 2.89 bits per heavy atom. The lowest BCUT2D eigenvalue weighted by molar-refractivity contribution is 0.813. The van der Waals surface area contributed by atoms with Gasteiger partial charge < -0.3 is 15.6 Å². The summed E-state index contributed by atoms with van der Waals surface area (Å²) in [6.07, 6.45) is 3.67. The van der Waals surface area contributed by atoms with Gasteiger partial charge in [-0.15, -0.1) is 0 Å². The highest BCUT2D eigenvalue weighted by molar-refractivity contribution is 7.80. The number of aryl methyl sites for hydroxylation is 1. The van der Waals surface area contributed by atoms with Crippen molar-refractivity contribution < 1.29 is 0 Å². The molecule has 2 aromatic rings. The summed E-state index contributed by atoms with van der Waals surface area (Å²) in [7, 11) is 1.95. The number of thiocarbonyl (C=S) groups is 1. The molecule has 0 atom stereocenters. The Kier molecular flexibility index (Phi) is 3.84. The zero-order valence-corrected chi connectivity index (χ0v) is 11.4. The second-order valence-electron chi connectivity index (χ2n) is 3.87. The average molecular weight is 281 g/mol. The van der Waals surface area contributed by atoms with Crippen LogP contribution in [-0.2, 0) is 13.6 Å². The molecule has 0 amide bonds. The van der Waals surface area contributed by atoms with E-state index < -0.39 is 0 Å². The molecule has 1 aromatic carbocycles. The smallest absolute Gasteiger partial charge is 0.127 e. The van der Waals surface area contributed by atoms with Gasteiger partial charge in [0.25, 0.3) is 0 Å². The molecule has 3 N–H and O–H groups in total. The van der Waals surface area contributed by atoms with E-state index >= 15 is 0 Å². The van der Waals surface area contributed by atoms with Crippen LogP contribution in [-0.4, -0.2) is 14.5 Å². The van der Waals surface area contributed by atoms with Gasteiger partial charge in [-0.25, -0.2) is 4.98 Å². The summed E-state index contributed by atoms with van der Waals surface area (Å²) in [4.78, 5) is 4.53. The predicted molar refractivity (Wildman–Crippen MR) is 77.9 cm³/mol. The fraction of sp³-hybridized carbons (Fsp3) is 0.167. The largest absolute Gasteiger partial charge is 0.389 e. The van der Waals surface area contributed by atoms with Gasteiger partial charge in [-0.05, 0) is 18.2 Å². The molecule has 0 radical (unpaired) electrons. The molecule has 2 rings (SSSR count). The number of aromatic nitrogens is 2. The van der Waals surface area contributed by atoms with Crippen molar-refractivity contribution in [3.8, 4) is 0 Å². The van der Waals surface area contributed by atoms with Crippen molar-refractivity contribution in [2.45, 2.75) is 6.54 Å². The van der Waals surface area contributed by atoms with E-state index in [-0.39, 0.29) is 0 Å². The minimum absolute atomic E-state index is 0.302. The number of anilines is 1. The average Bonchev–Trinajstić information content (AvgIpc) is 2.72. The zero-order valence-electron chi connectivity index (χ0n) is 9.85. The summed E-state index contributed by atoms with van der Waals surface area (Å²) in [5.41, 5.74) is 7.14. The fourth-order valence-electron chi connectivity index (χ4n) is 1.57. The topological polar surface area (TPSA) is 55.9 Å². The Labute approximate surface area is 116 Å². The molecule has 4 nitrogen and oxygen atoms in total. The number of hydrogen-bond donors (Lipinski definition) is 2. The van der Waals surface area contributed by atoms with Gasteiger partial charge in [-0.3, -0.25) is 0 Å². The van der Waals surface area contributed by atoms with Crippen LogP contribution in [0.5, 0.6) is 0 Å². The van der Waals surface area contributed by atoms with E-state index in [1.165, 1.54) is 0 Å². The number of rotatable bonds is 4. The molecule has 0 unspecified atom stereocenters. The Bertz CT molecular complexity index is 579. The zero-order chi connectivity index (χ0) is 13.1. The Morgan fingerprint density at radius 2 is 2.33 bits per heavy atom. The van der Waals surface area contributed by atoms with Gasteiger partial charge in [0.2, 0.25) is 0 Å². The molecule has 94 valence electrons. The lowest BCUT2D eigenvalue weighted by Crippen LogP contribution is -2.10. The van der Waals surface area contributed by atoms with Crippen molar-refractivity contribution >= 4 is 34.5 Å². The summed E-state index contributed by atoms with van der Waals surface area (Å²) < 4.78 is 1.96. The van der Waals surface area contributed by atoms with Crippen LogP contribution in [0.4, 0.5) is 5.69 Å². The normalized spacial score (nSPS) is 10.3. The van der Waals surface area contributed by atoms with E-state index in [1.807, 2.05) is 29.9 Å². The first-order valence-electron chi connectivity index (χ1n) is 5.37. The van der Waals surface area contributed by atoms with E-state index in [4.69, 9.17) is 29.6 Å². The Balaban J connectivity index is 2.09. The molecular formula is C12H13ClN4S. The maximum atomic E-state index is 6.09. The number of nitrogens with zero attached hydrogens (tertiary/aromatic N) is 2. The van der Waals surface area contributed by atoms with Gasteiger partial charge in [0.05, 0.1) is 11.6 Å². The summed E-state index contributed by atoms with van der Waals surface area (Å²) in [5.74, 6) is 0.949. The second-order valence-corrected chi connectivity index (χ2v) is 4.71. The van der Waals surface area contributed by atoms with E-state index in [9.17, 15) is 0 Å². The fourth-order valence-corrected chi connectivity index (χ4v) is 2.09. The summed E-state index contributed by atoms with van der Waals surface area (Å²) >= 11 is 11.0. The molecule has 6 heteroatoms. The Hall–Kier alpha value is -1.59. The van der Waals surface area contributed by atoms with Crippen LogP contribution in [0, 0.1) is 0 Å². The SMILES string of the molecule is Cn1ccnc1CNc1ccc(C(N)=S)c(Cl)c1. The molecular weight excluding hydrogens is 268 g/mol. The van der Waals surface area contributed by atoms with Crippen LogP contribution in [0.15, 0.2) is 30.6 Å². The van der Waals surface area contributed by atoms with E-state index in [0.717, 1.165) is 11.5 Å². The molecule has 0 spiro atoms. The summed E-state index contributed by atoms with van der Waals surface area (Å²) in [5, 5.41) is 3.79. The van der Waals surface area contributed by atoms with Crippen LogP contribution >= 0.6 is 23.8 Å². The van der Waals surface area contributed by atoms with Gasteiger partial charge in [-0.1, -0.05) is 23.8 Å². The van der Waals surface area contributed by atoms with Crippen LogP contribution in [0.1, 0.15) is 11.4 Å². The molecule has 1 heterocycles. The maximum Gasteiger partial charge on any atom is 0.127 e. The first kappa shape index (κ1) is 12.9. The number of halogens is 1. The van der Waals surface area contributed by atoms with Crippen molar-refractivity contribution in [1.82, 2.24) is 9.55 Å². The highest BCUT2D eigenvalue weighted by atomic mass is 35.5. The number of nitrogens with two attached hydrogens (primary N) is 1. The molecule has 18 heavy (non-hydrogen) atoms. The second kappa shape index (κ2) is 5.37. The molecule has 0 aliphatic carbocycles. The summed E-state index contributed by atoms with van der Waals surface area (Å²) in [6.45, 7) is 0.631. The third-order valence-electron chi connectivity index (χ3n) is 2.61. The maximum absolute atomic E-state index is 6.09. The van der Waals surface area contributed by atoms with Gasteiger partial charge in [0.1, 0.15) is 10.8 Å². The highest BCUT2D eigenvalue weighted by Crippen LogP contribution is 2.21. The molecule has 0 fully saturated rings. The lowest BCUT2D eigenvalue weighted by atomic mass is 10.2. The number of imidazole rings is 1. The first-order chi connectivity index (χ1) is 8.58. The molecule has 0 saturated heterocycles. The molecule has 0 saturated carbocycles. The van der Waals surface area contributed by atoms with Crippen molar-refractivity contribution in [3.05, 3.63) is 47.0 Å². The number of nitrogens with one attached hydrogen (secondary N) is 1. The number of hydrogen-bond acceptors (Lipinski definition) is 3. The molecule has 1 aromatic heterocycles. The minimum atomic E-state index is 0.302. The highest BCUT2D eigenvalue weighted by Gasteiger charge is 2.05. The van der Waals surface area contributed by atoms with Crippen LogP contribution in [0.25, 0.3) is 0 Å². The van der Waals surface area contributed by atoms with Gasteiger partial charge in [0, 0.05) is 30.7 Å². The van der Waals surface area contributed by atoms with E-state index in [0.29, 0.717) is 22.1 Å². The van der Waals surface area contributed by atoms with Crippen molar-refractivity contribution in [1.29, 1.82) is 0 Å². The van der Waals surface area contributed by atoms with Crippen molar-refractivity contribution in [2.24, 2.45) is 12.8 Å². The van der Waals surface area contributed by atoms with Gasteiger partial charge in [0.15, 0.2) is 0 Å². The molecule has 0 bridgehead atoms. The van der Waals surface area contributed by atoms with Crippen LogP contribution in [0.3, 0.4) is 0 Å². The monoisotopic (exact) mass is 280 g/mol. The third-order valence-corrected chi connectivity index (χ3v) is 3.14. The van der Waals surface area contributed by atoms with Crippen LogP contribution in [0.2, 0.25) is 5.02 Å². The van der Waals surface area contributed by atoms with E-state index in [2.05, 4.69) is 10.3 Å². The Morgan fingerprint density at radius 1 is 1.56 bits per heavy atom. The molecule has 0 aliphatic rings. The van der Waals surface area contributed by atoms with E-state index in [1.54, 1.807) is 12.3 Å². The van der Waals surface area contributed by atoms with Crippen LogP contribution < -0.4 is 11.1 Å². The van der Waals surface area contributed by atoms with Gasteiger partial charge in [-0.2, -0.15) is 0 Å². The summed E-state index contributed by atoms with van der Waals surface area (Å²) in [6, 6.07) is 5.51. The first-order valence-corrected chi connectivity index (χ1v) is 6.16. The number of benzene rings is 1. The third kappa shape index (κ3) is 2.80. The van der Waals surface area contributed by atoms with Crippen molar-refractivity contribution in [2.75, 3.05) is 5.32 Å². The quantitative estimate of drug-likeness (QED) is 0.844. The molecule has 0 aliphatic heterocycles. The van der Waals surface area contributed by atoms with Gasteiger partial charge >= 0.3 is 0 Å².